The fourth-order valence-electron chi connectivity index (χ4n) is 2.65. The molecule has 0 spiro atoms. The van der Waals surface area contributed by atoms with E-state index in [1.807, 2.05) is 14.1 Å². The second-order valence-electron chi connectivity index (χ2n) is 5.57. The van der Waals surface area contributed by atoms with Crippen LogP contribution in [0.1, 0.15) is 33.1 Å². The van der Waals surface area contributed by atoms with Crippen molar-refractivity contribution in [2.45, 2.75) is 39.2 Å². The molecule has 0 radical (unpaired) electrons. The molecule has 1 atom stereocenters. The predicted octanol–water partition coefficient (Wildman–Crippen LogP) is 0.504. The molecule has 6 heteroatoms. The molecule has 122 valence electrons. The highest BCUT2D eigenvalue weighted by Crippen LogP contribution is 2.18. The molecule has 0 aliphatic carbocycles. The monoisotopic (exact) mass is 297 g/mol. The van der Waals surface area contributed by atoms with Gasteiger partial charge in [-0.05, 0) is 39.7 Å². The molecule has 1 saturated heterocycles. The Hall–Kier alpha value is -1.30. The second kappa shape index (κ2) is 9.60. The summed E-state index contributed by atoms with van der Waals surface area (Å²) in [6, 6.07) is 0.0750. The Bertz CT molecular complexity index is 335. The topological polar surface area (TPSA) is 60.0 Å². The third-order valence-corrected chi connectivity index (χ3v) is 3.65. The first-order chi connectivity index (χ1) is 10.1. The Morgan fingerprint density at radius 2 is 1.95 bits per heavy atom. The van der Waals surface area contributed by atoms with Crippen LogP contribution in [0.2, 0.25) is 0 Å². The lowest BCUT2D eigenvalue weighted by atomic mass is 10.2. The quantitative estimate of drug-likeness (QED) is 0.408. The normalized spacial score (nSPS) is 18.4. The lowest BCUT2D eigenvalue weighted by Crippen LogP contribution is -2.43. The minimum absolute atomic E-state index is 0.0750. The van der Waals surface area contributed by atoms with Crippen molar-refractivity contribution in [2.24, 2.45) is 4.99 Å². The van der Waals surface area contributed by atoms with E-state index in [2.05, 4.69) is 34.4 Å². The summed E-state index contributed by atoms with van der Waals surface area (Å²) >= 11 is 0. The maximum Gasteiger partial charge on any atom is 0.239 e. The molecular formula is C15H31N5O. The molecule has 1 rings (SSSR count). The fraction of sp³-hybridized carbons (Fsp3) is 0.867. The van der Waals surface area contributed by atoms with Crippen LogP contribution in [0.3, 0.4) is 0 Å². The van der Waals surface area contributed by atoms with Crippen molar-refractivity contribution in [1.29, 1.82) is 0 Å². The number of likely N-dealkylation sites (N-methyl/N-ethyl adjacent to an activating group) is 1. The molecule has 0 aromatic rings. The third-order valence-electron chi connectivity index (χ3n) is 3.65. The van der Waals surface area contributed by atoms with Gasteiger partial charge in [0.1, 0.15) is 0 Å². The largest absolute Gasteiger partial charge is 0.357 e. The smallest absolute Gasteiger partial charge is 0.239 e. The van der Waals surface area contributed by atoms with Gasteiger partial charge in [-0.1, -0.05) is 0 Å². The van der Waals surface area contributed by atoms with E-state index in [-0.39, 0.29) is 11.9 Å². The van der Waals surface area contributed by atoms with Gasteiger partial charge in [0.05, 0.1) is 6.04 Å². The molecule has 1 unspecified atom stereocenters. The molecule has 1 aliphatic heterocycles. The van der Waals surface area contributed by atoms with E-state index >= 15 is 0 Å². The molecule has 6 nitrogen and oxygen atoms in total. The van der Waals surface area contributed by atoms with E-state index in [0.29, 0.717) is 0 Å². The standard InChI is InChI=1S/C15H31N5O/c1-5-16-15(17-6-2)18-10-8-12-20-11-7-9-13(20)14(21)19(3)4/h13H,5-12H2,1-4H3,(H2,16,17,18). The van der Waals surface area contributed by atoms with Gasteiger partial charge in [0.25, 0.3) is 0 Å². The van der Waals surface area contributed by atoms with E-state index in [9.17, 15) is 4.79 Å². The summed E-state index contributed by atoms with van der Waals surface area (Å²) in [5, 5.41) is 6.44. The zero-order valence-electron chi connectivity index (χ0n) is 14.0. The van der Waals surface area contributed by atoms with Gasteiger partial charge >= 0.3 is 0 Å². The van der Waals surface area contributed by atoms with Gasteiger partial charge in [0.2, 0.25) is 5.91 Å². The molecule has 0 aromatic heterocycles. The maximum absolute atomic E-state index is 12.1. The van der Waals surface area contributed by atoms with Crippen LogP contribution in [0.25, 0.3) is 0 Å². The van der Waals surface area contributed by atoms with Crippen molar-refractivity contribution >= 4 is 11.9 Å². The van der Waals surface area contributed by atoms with Crippen LogP contribution in [0.15, 0.2) is 4.99 Å². The molecule has 1 amide bonds. The van der Waals surface area contributed by atoms with Crippen molar-refractivity contribution in [3.8, 4) is 0 Å². The van der Waals surface area contributed by atoms with Gasteiger partial charge in [-0.3, -0.25) is 14.7 Å². The molecule has 1 aliphatic rings. The van der Waals surface area contributed by atoms with Crippen LogP contribution in [0, 0.1) is 0 Å². The molecule has 1 heterocycles. The first-order valence-corrected chi connectivity index (χ1v) is 8.07. The van der Waals surface area contributed by atoms with Crippen molar-refractivity contribution < 1.29 is 4.79 Å². The molecular weight excluding hydrogens is 266 g/mol. The number of rotatable bonds is 7. The highest BCUT2D eigenvalue weighted by Gasteiger charge is 2.30. The third kappa shape index (κ3) is 5.91. The molecule has 1 fully saturated rings. The van der Waals surface area contributed by atoms with Crippen LogP contribution in [-0.2, 0) is 4.79 Å². The summed E-state index contributed by atoms with van der Waals surface area (Å²) in [7, 11) is 3.67. The van der Waals surface area contributed by atoms with Crippen LogP contribution in [-0.4, -0.2) is 74.5 Å². The number of carbonyl (C=O) groups excluding carboxylic acids is 1. The first-order valence-electron chi connectivity index (χ1n) is 8.07. The zero-order chi connectivity index (χ0) is 15.7. The van der Waals surface area contributed by atoms with Crippen LogP contribution < -0.4 is 10.6 Å². The van der Waals surface area contributed by atoms with Crippen molar-refractivity contribution in [3.63, 3.8) is 0 Å². The average molecular weight is 297 g/mol. The van der Waals surface area contributed by atoms with Gasteiger partial charge in [0.15, 0.2) is 5.96 Å². The molecule has 0 saturated carbocycles. The Morgan fingerprint density at radius 3 is 2.52 bits per heavy atom. The Morgan fingerprint density at radius 1 is 1.29 bits per heavy atom. The van der Waals surface area contributed by atoms with Crippen molar-refractivity contribution in [1.82, 2.24) is 20.4 Å². The van der Waals surface area contributed by atoms with E-state index in [4.69, 9.17) is 0 Å². The predicted molar refractivity (Wildman–Crippen MR) is 87.6 cm³/mol. The number of nitrogens with zero attached hydrogens (tertiary/aromatic N) is 3. The van der Waals surface area contributed by atoms with Gasteiger partial charge in [0, 0.05) is 40.3 Å². The number of likely N-dealkylation sites (tertiary alicyclic amines) is 1. The van der Waals surface area contributed by atoms with Crippen LogP contribution in [0.4, 0.5) is 0 Å². The molecule has 21 heavy (non-hydrogen) atoms. The minimum Gasteiger partial charge on any atom is -0.357 e. The van der Waals surface area contributed by atoms with Gasteiger partial charge in [-0.2, -0.15) is 0 Å². The molecule has 2 N–H and O–H groups in total. The van der Waals surface area contributed by atoms with E-state index < -0.39 is 0 Å². The molecule has 0 bridgehead atoms. The fourth-order valence-corrected chi connectivity index (χ4v) is 2.65. The van der Waals surface area contributed by atoms with Crippen LogP contribution >= 0.6 is 0 Å². The average Bonchev–Trinajstić information content (AvgIpc) is 2.91. The van der Waals surface area contributed by atoms with E-state index in [1.165, 1.54) is 0 Å². The summed E-state index contributed by atoms with van der Waals surface area (Å²) < 4.78 is 0. The number of carbonyl (C=O) groups is 1. The highest BCUT2D eigenvalue weighted by molar-refractivity contribution is 5.81. The van der Waals surface area contributed by atoms with Gasteiger partial charge < -0.3 is 15.5 Å². The highest BCUT2D eigenvalue weighted by atomic mass is 16.2. The van der Waals surface area contributed by atoms with E-state index in [1.54, 1.807) is 4.90 Å². The van der Waals surface area contributed by atoms with Crippen LogP contribution in [0.5, 0.6) is 0 Å². The maximum atomic E-state index is 12.1. The van der Waals surface area contributed by atoms with Gasteiger partial charge in [-0.15, -0.1) is 0 Å². The van der Waals surface area contributed by atoms with Gasteiger partial charge in [-0.25, -0.2) is 0 Å². The zero-order valence-corrected chi connectivity index (χ0v) is 14.0. The Labute approximate surface area is 129 Å². The lowest BCUT2D eigenvalue weighted by Gasteiger charge is -2.25. The molecule has 0 aromatic carbocycles. The number of guanidine groups is 1. The number of nitrogens with one attached hydrogen (secondary N) is 2. The minimum atomic E-state index is 0.0750. The van der Waals surface area contributed by atoms with Crippen molar-refractivity contribution in [2.75, 3.05) is 46.8 Å². The Kier molecular flexibility index (Phi) is 8.12. The second-order valence-corrected chi connectivity index (χ2v) is 5.57. The summed E-state index contributed by atoms with van der Waals surface area (Å²) in [5.41, 5.74) is 0. The summed E-state index contributed by atoms with van der Waals surface area (Å²) in [6.07, 6.45) is 3.09. The van der Waals surface area contributed by atoms with Crippen molar-refractivity contribution in [3.05, 3.63) is 0 Å². The summed E-state index contributed by atoms with van der Waals surface area (Å²) in [4.78, 5) is 20.7. The summed E-state index contributed by atoms with van der Waals surface area (Å²) in [6.45, 7) is 8.63. The number of hydrogen-bond acceptors (Lipinski definition) is 3. The number of hydrogen-bond donors (Lipinski definition) is 2. The number of aliphatic imine (C=N–C) groups is 1. The first kappa shape index (κ1) is 17.8. The lowest BCUT2D eigenvalue weighted by molar-refractivity contribution is -0.133. The Balaban J connectivity index is 2.37. The summed E-state index contributed by atoms with van der Waals surface area (Å²) in [5.74, 6) is 1.11. The number of amides is 1. The SMILES string of the molecule is CCNC(=NCCCN1CCCC1C(=O)N(C)C)NCC. The van der Waals surface area contributed by atoms with E-state index in [0.717, 1.165) is 57.9 Å².